The zero-order valence-electron chi connectivity index (χ0n) is 14.9. The minimum atomic E-state index is -0.292. The standard InChI is InChI=1S/C19H32O3/c1-6-13-11-19(9-4)12-16(13)14(7-2)15(8-3)17(22-19)10-18(20)21-5/h10,13-16H,6-9,11-12H2,1-5H3/b17-10-/t13-,14+,15-,16-,19-/m1/s1. The number of methoxy groups -OCH3 is 1. The molecular formula is C19H32O3. The second-order valence-electron chi connectivity index (χ2n) is 7.04. The maximum Gasteiger partial charge on any atom is 0.333 e. The van der Waals surface area contributed by atoms with Crippen molar-refractivity contribution in [2.24, 2.45) is 23.7 Å². The summed E-state index contributed by atoms with van der Waals surface area (Å²) >= 11 is 0. The van der Waals surface area contributed by atoms with Gasteiger partial charge in [-0.25, -0.2) is 4.79 Å². The number of esters is 1. The normalized spacial score (nSPS) is 39.4. The second kappa shape index (κ2) is 7.06. The smallest absolute Gasteiger partial charge is 0.333 e. The Hall–Kier alpha value is -0.990. The Balaban J connectivity index is 2.43. The van der Waals surface area contributed by atoms with E-state index in [2.05, 4.69) is 27.7 Å². The lowest BCUT2D eigenvalue weighted by Crippen LogP contribution is -2.31. The van der Waals surface area contributed by atoms with Crippen molar-refractivity contribution < 1.29 is 14.3 Å². The summed E-state index contributed by atoms with van der Waals surface area (Å²) in [5, 5.41) is 0. The van der Waals surface area contributed by atoms with Crippen LogP contribution in [-0.4, -0.2) is 18.7 Å². The fourth-order valence-electron chi connectivity index (χ4n) is 4.94. The topological polar surface area (TPSA) is 35.5 Å². The summed E-state index contributed by atoms with van der Waals surface area (Å²) in [5.74, 6) is 3.03. The first-order chi connectivity index (χ1) is 10.5. The summed E-state index contributed by atoms with van der Waals surface area (Å²) in [7, 11) is 1.43. The van der Waals surface area contributed by atoms with Crippen molar-refractivity contribution in [2.75, 3.05) is 7.11 Å². The molecule has 1 aliphatic carbocycles. The molecule has 0 amide bonds. The van der Waals surface area contributed by atoms with Crippen molar-refractivity contribution in [3.05, 3.63) is 11.8 Å². The van der Waals surface area contributed by atoms with Gasteiger partial charge in [0.25, 0.3) is 0 Å². The van der Waals surface area contributed by atoms with Crippen LogP contribution in [0.1, 0.15) is 66.2 Å². The van der Waals surface area contributed by atoms with Crippen molar-refractivity contribution in [2.45, 2.75) is 71.8 Å². The van der Waals surface area contributed by atoms with Crippen molar-refractivity contribution in [3.8, 4) is 0 Å². The van der Waals surface area contributed by atoms with Crippen LogP contribution < -0.4 is 0 Å². The van der Waals surface area contributed by atoms with E-state index in [0.717, 1.165) is 49.7 Å². The van der Waals surface area contributed by atoms with Crippen molar-refractivity contribution in [3.63, 3.8) is 0 Å². The van der Waals surface area contributed by atoms with Gasteiger partial charge in [-0.15, -0.1) is 0 Å². The molecule has 3 heteroatoms. The highest BCUT2D eigenvalue weighted by Crippen LogP contribution is 2.56. The fraction of sp³-hybridized carbons (Fsp3) is 0.842. The lowest BCUT2D eigenvalue weighted by atomic mass is 9.72. The van der Waals surface area contributed by atoms with Crippen LogP contribution in [0, 0.1) is 23.7 Å². The zero-order valence-corrected chi connectivity index (χ0v) is 14.9. The van der Waals surface area contributed by atoms with E-state index in [4.69, 9.17) is 9.47 Å². The summed E-state index contributed by atoms with van der Waals surface area (Å²) in [4.78, 5) is 11.8. The van der Waals surface area contributed by atoms with Crippen LogP contribution in [0.15, 0.2) is 11.8 Å². The molecule has 0 unspecified atom stereocenters. The molecule has 0 aromatic heterocycles. The van der Waals surface area contributed by atoms with E-state index in [1.807, 2.05) is 0 Å². The Bertz CT molecular complexity index is 428. The first-order valence-electron chi connectivity index (χ1n) is 9.02. The molecule has 3 nitrogen and oxygen atoms in total. The maximum atomic E-state index is 11.8. The molecule has 1 saturated heterocycles. The molecule has 1 aliphatic heterocycles. The number of carbonyl (C=O) groups excluding carboxylic acids is 1. The Morgan fingerprint density at radius 1 is 1.23 bits per heavy atom. The predicted molar refractivity (Wildman–Crippen MR) is 88.3 cm³/mol. The third-order valence-electron chi connectivity index (χ3n) is 6.16. The summed E-state index contributed by atoms with van der Waals surface area (Å²) in [6.45, 7) is 9.02. The Morgan fingerprint density at radius 3 is 2.45 bits per heavy atom. The molecule has 0 radical (unpaired) electrons. The lowest BCUT2D eigenvalue weighted by Gasteiger charge is -2.36. The van der Waals surface area contributed by atoms with Gasteiger partial charge in [0.1, 0.15) is 11.4 Å². The number of ether oxygens (including phenoxy) is 2. The molecule has 2 bridgehead atoms. The summed E-state index contributed by atoms with van der Waals surface area (Å²) < 4.78 is 11.4. The van der Waals surface area contributed by atoms with Gasteiger partial charge in [0.05, 0.1) is 13.2 Å². The SMILES string of the molecule is CC[C@@H]1C[C@]2(CC)C[C@H]1[C@@H](CC)[C@@H](CC)/C(=C/C(=O)OC)O2. The van der Waals surface area contributed by atoms with Crippen LogP contribution in [0.4, 0.5) is 0 Å². The first kappa shape index (κ1) is 17.4. The van der Waals surface area contributed by atoms with Gasteiger partial charge in [0.15, 0.2) is 0 Å². The van der Waals surface area contributed by atoms with E-state index in [0.29, 0.717) is 11.8 Å². The summed E-state index contributed by atoms with van der Waals surface area (Å²) in [6, 6.07) is 0. The van der Waals surface area contributed by atoms with Crippen LogP contribution in [0.3, 0.4) is 0 Å². The Morgan fingerprint density at radius 2 is 1.95 bits per heavy atom. The van der Waals surface area contributed by atoms with Gasteiger partial charge in [0.2, 0.25) is 0 Å². The molecule has 5 atom stereocenters. The highest BCUT2D eigenvalue weighted by atomic mass is 16.5. The molecule has 1 saturated carbocycles. The largest absolute Gasteiger partial charge is 0.491 e. The maximum absolute atomic E-state index is 11.8. The minimum Gasteiger partial charge on any atom is -0.491 e. The van der Waals surface area contributed by atoms with E-state index in [1.54, 1.807) is 6.08 Å². The molecule has 2 fully saturated rings. The molecule has 126 valence electrons. The van der Waals surface area contributed by atoms with E-state index in [-0.39, 0.29) is 11.6 Å². The van der Waals surface area contributed by atoms with E-state index in [9.17, 15) is 4.79 Å². The first-order valence-corrected chi connectivity index (χ1v) is 9.02. The second-order valence-corrected chi connectivity index (χ2v) is 7.04. The van der Waals surface area contributed by atoms with Gasteiger partial charge in [-0.1, -0.05) is 40.5 Å². The van der Waals surface area contributed by atoms with Gasteiger partial charge in [0, 0.05) is 5.92 Å². The molecule has 2 rings (SSSR count). The summed E-state index contributed by atoms with van der Waals surface area (Å²) in [5.41, 5.74) is -0.0669. The van der Waals surface area contributed by atoms with Gasteiger partial charge in [-0.2, -0.15) is 0 Å². The van der Waals surface area contributed by atoms with Crippen LogP contribution in [-0.2, 0) is 14.3 Å². The predicted octanol–water partition coefficient (Wildman–Crippen LogP) is 4.71. The monoisotopic (exact) mass is 308 g/mol. The third kappa shape index (κ3) is 3.04. The zero-order chi connectivity index (χ0) is 16.3. The van der Waals surface area contributed by atoms with Crippen molar-refractivity contribution in [1.29, 1.82) is 0 Å². The van der Waals surface area contributed by atoms with Gasteiger partial charge in [-0.05, 0) is 43.4 Å². The number of fused-ring (bicyclic) bond motifs is 2. The number of carbonyl (C=O) groups is 1. The van der Waals surface area contributed by atoms with Crippen LogP contribution >= 0.6 is 0 Å². The number of allylic oxidation sites excluding steroid dienone is 1. The van der Waals surface area contributed by atoms with E-state index >= 15 is 0 Å². The van der Waals surface area contributed by atoms with E-state index in [1.165, 1.54) is 13.5 Å². The molecule has 0 N–H and O–H groups in total. The quantitative estimate of drug-likeness (QED) is 0.545. The Labute approximate surface area is 135 Å². The van der Waals surface area contributed by atoms with Gasteiger partial charge in [-0.3, -0.25) is 0 Å². The molecule has 2 aliphatic rings. The Kier molecular flexibility index (Phi) is 5.57. The molecule has 0 spiro atoms. The average Bonchev–Trinajstić information content (AvgIpc) is 2.83. The van der Waals surface area contributed by atoms with Crippen LogP contribution in [0.2, 0.25) is 0 Å². The molecule has 1 heterocycles. The molecular weight excluding hydrogens is 276 g/mol. The molecule has 22 heavy (non-hydrogen) atoms. The van der Waals surface area contributed by atoms with Gasteiger partial charge >= 0.3 is 5.97 Å². The average molecular weight is 308 g/mol. The van der Waals surface area contributed by atoms with Crippen molar-refractivity contribution >= 4 is 5.97 Å². The third-order valence-corrected chi connectivity index (χ3v) is 6.16. The number of rotatable bonds is 5. The highest BCUT2D eigenvalue weighted by molar-refractivity contribution is 5.82. The van der Waals surface area contributed by atoms with E-state index < -0.39 is 0 Å². The van der Waals surface area contributed by atoms with Gasteiger partial charge < -0.3 is 9.47 Å². The number of hydrogen-bond acceptors (Lipinski definition) is 3. The fourth-order valence-corrected chi connectivity index (χ4v) is 4.94. The summed E-state index contributed by atoms with van der Waals surface area (Å²) in [6.07, 6.45) is 8.32. The van der Waals surface area contributed by atoms with Crippen LogP contribution in [0.25, 0.3) is 0 Å². The molecule has 0 aromatic carbocycles. The molecule has 0 aromatic rings. The van der Waals surface area contributed by atoms with Crippen molar-refractivity contribution in [1.82, 2.24) is 0 Å². The minimum absolute atomic E-state index is 0.0669. The lowest BCUT2D eigenvalue weighted by molar-refractivity contribution is -0.135. The highest BCUT2D eigenvalue weighted by Gasteiger charge is 2.52. The van der Waals surface area contributed by atoms with Crippen LogP contribution in [0.5, 0.6) is 0 Å². The number of hydrogen-bond donors (Lipinski definition) is 0.